The largest absolute Gasteiger partial charge is 0.462 e. The lowest BCUT2D eigenvalue weighted by atomic mass is 9.46. The van der Waals surface area contributed by atoms with Gasteiger partial charge in [0.2, 0.25) is 0 Å². The average Bonchev–Trinajstić information content (AvgIpc) is 3.19. The van der Waals surface area contributed by atoms with Gasteiger partial charge in [-0.3, -0.25) is 9.69 Å². The fourth-order valence-electron chi connectivity index (χ4n) is 11.1. The number of esters is 1. The fourth-order valence-corrected chi connectivity index (χ4v) is 11.1. The van der Waals surface area contributed by atoms with Crippen LogP contribution in [0, 0.1) is 34.5 Å². The van der Waals surface area contributed by atoms with Gasteiger partial charge in [0, 0.05) is 69.8 Å². The molecule has 3 N–H and O–H groups in total. The second kappa shape index (κ2) is 8.10. The highest BCUT2D eigenvalue weighted by Gasteiger charge is 2.87. The number of piperidine rings is 1. The minimum Gasteiger partial charge on any atom is -0.462 e. The maximum atomic E-state index is 13.1. The molecule has 9 heteroatoms. The van der Waals surface area contributed by atoms with Crippen molar-refractivity contribution in [3.8, 4) is 0 Å². The van der Waals surface area contributed by atoms with Gasteiger partial charge >= 0.3 is 5.97 Å². The van der Waals surface area contributed by atoms with E-state index in [1.807, 2.05) is 0 Å². The first-order valence-electron chi connectivity index (χ1n) is 13.7. The number of likely N-dealkylation sites (N-methyl/N-ethyl adjacent to an activating group) is 1. The third kappa shape index (κ3) is 2.68. The molecule has 9 nitrogen and oxygen atoms in total. The quantitative estimate of drug-likeness (QED) is 0.442. The lowest BCUT2D eigenvalue weighted by Crippen LogP contribution is -2.73. The standard InChI is InChI=1S/C27H43NO8/c1-6-28-12-24(13-33-3)8-7-19(30)26-17-9-15-18(34-4)11-25(31,10-16(17)20(15)36-14(2)29)27(32,23(26)28)22(35-5)21(24)26/h15-23,30-32H,6-13H2,1-5H3. The van der Waals surface area contributed by atoms with Crippen LogP contribution in [0.4, 0.5) is 0 Å². The van der Waals surface area contributed by atoms with Gasteiger partial charge in [0.1, 0.15) is 17.3 Å². The van der Waals surface area contributed by atoms with Crippen LogP contribution < -0.4 is 0 Å². The third-order valence-electron chi connectivity index (χ3n) is 11.8. The van der Waals surface area contributed by atoms with Crippen molar-refractivity contribution in [2.24, 2.45) is 34.5 Å². The Kier molecular flexibility index (Phi) is 5.73. The van der Waals surface area contributed by atoms with E-state index in [0.29, 0.717) is 26.0 Å². The van der Waals surface area contributed by atoms with Crippen molar-refractivity contribution in [1.29, 1.82) is 0 Å². The Labute approximate surface area is 213 Å². The van der Waals surface area contributed by atoms with Crippen LogP contribution in [0.25, 0.3) is 0 Å². The van der Waals surface area contributed by atoms with Gasteiger partial charge in [-0.2, -0.15) is 0 Å². The predicted octanol–water partition coefficient (Wildman–Crippen LogP) is 0.578. The number of nitrogens with zero attached hydrogens (tertiary/aromatic N) is 1. The molecule has 0 aromatic rings. The van der Waals surface area contributed by atoms with Crippen molar-refractivity contribution >= 4 is 5.97 Å². The molecule has 0 amide bonds. The van der Waals surface area contributed by atoms with E-state index in [4.69, 9.17) is 18.9 Å². The molecular weight excluding hydrogens is 466 g/mol. The second-order valence-corrected chi connectivity index (χ2v) is 12.7. The molecule has 204 valence electrons. The first-order chi connectivity index (χ1) is 17.1. The zero-order valence-corrected chi connectivity index (χ0v) is 22.2. The van der Waals surface area contributed by atoms with Crippen LogP contribution in [0.15, 0.2) is 0 Å². The van der Waals surface area contributed by atoms with Crippen molar-refractivity contribution in [3.63, 3.8) is 0 Å². The van der Waals surface area contributed by atoms with Crippen LogP contribution in [0.3, 0.4) is 0 Å². The first-order valence-corrected chi connectivity index (χ1v) is 13.7. The van der Waals surface area contributed by atoms with Crippen molar-refractivity contribution in [1.82, 2.24) is 4.90 Å². The summed E-state index contributed by atoms with van der Waals surface area (Å²) < 4.78 is 24.0. The molecule has 0 aromatic carbocycles. The number of fused-ring (bicyclic) bond motifs is 3. The zero-order chi connectivity index (χ0) is 25.8. The molecule has 36 heavy (non-hydrogen) atoms. The first kappa shape index (κ1) is 25.5. The minimum absolute atomic E-state index is 0.0682. The van der Waals surface area contributed by atoms with Crippen molar-refractivity contribution in [2.75, 3.05) is 41.0 Å². The lowest BCUT2D eigenvalue weighted by molar-refractivity contribution is -0.235. The summed E-state index contributed by atoms with van der Waals surface area (Å²) in [5.74, 6) is -0.915. The summed E-state index contributed by atoms with van der Waals surface area (Å²) in [6.45, 7) is 5.41. The molecule has 1 aliphatic heterocycles. The SMILES string of the molecule is CCN1CC2(COC)CCC(O)C34C5CC6C(OC)CC(O)(CC5C6OC(C)=O)C(O)(C(OC)C23)C14. The Balaban J connectivity index is 1.66. The summed E-state index contributed by atoms with van der Waals surface area (Å²) >= 11 is 0. The molecule has 0 radical (unpaired) electrons. The molecule has 1 saturated heterocycles. The number of carbonyl (C=O) groups is 1. The van der Waals surface area contributed by atoms with Gasteiger partial charge in [-0.05, 0) is 38.1 Å². The van der Waals surface area contributed by atoms with E-state index in [9.17, 15) is 20.1 Å². The van der Waals surface area contributed by atoms with Gasteiger partial charge in [-0.1, -0.05) is 6.92 Å². The third-order valence-corrected chi connectivity index (χ3v) is 11.8. The highest BCUT2D eigenvalue weighted by molar-refractivity contribution is 5.66. The Hall–Kier alpha value is -0.810. The van der Waals surface area contributed by atoms with Gasteiger partial charge < -0.3 is 34.3 Å². The summed E-state index contributed by atoms with van der Waals surface area (Å²) in [5, 5.41) is 37.9. The van der Waals surface area contributed by atoms with Crippen LogP contribution in [0.2, 0.25) is 0 Å². The highest BCUT2D eigenvalue weighted by atomic mass is 16.5. The van der Waals surface area contributed by atoms with Gasteiger partial charge in [0.05, 0.1) is 31.0 Å². The van der Waals surface area contributed by atoms with Crippen LogP contribution in [0.5, 0.6) is 0 Å². The van der Waals surface area contributed by atoms with E-state index >= 15 is 0 Å². The van der Waals surface area contributed by atoms with Crippen molar-refractivity contribution in [2.45, 2.75) is 87.6 Å². The summed E-state index contributed by atoms with van der Waals surface area (Å²) in [7, 11) is 4.97. The number of aliphatic hydroxyl groups excluding tert-OH is 1. The normalized spacial score (nSPS) is 56.9. The Bertz CT molecular complexity index is 918. The highest BCUT2D eigenvalue weighted by Crippen LogP contribution is 2.77. The average molecular weight is 510 g/mol. The molecule has 1 spiro atoms. The predicted molar refractivity (Wildman–Crippen MR) is 128 cm³/mol. The van der Waals surface area contributed by atoms with Crippen LogP contribution in [-0.4, -0.2) is 109 Å². The number of likely N-dealkylation sites (tertiary alicyclic amines) is 1. The maximum absolute atomic E-state index is 13.1. The molecule has 13 atom stereocenters. The van der Waals surface area contributed by atoms with Gasteiger partial charge in [0.25, 0.3) is 0 Å². The number of aliphatic hydroxyl groups is 3. The van der Waals surface area contributed by atoms with E-state index in [2.05, 4.69) is 11.8 Å². The molecular formula is C27H43NO8. The molecule has 5 aliphatic carbocycles. The zero-order valence-electron chi connectivity index (χ0n) is 22.2. The number of carbonyl (C=O) groups excluding carboxylic acids is 1. The van der Waals surface area contributed by atoms with Crippen LogP contribution in [-0.2, 0) is 23.7 Å². The number of ether oxygens (including phenoxy) is 4. The van der Waals surface area contributed by atoms with E-state index < -0.39 is 41.0 Å². The molecule has 6 aliphatic rings. The summed E-state index contributed by atoms with van der Waals surface area (Å²) in [4.78, 5) is 14.6. The Morgan fingerprint density at radius 1 is 1.11 bits per heavy atom. The Morgan fingerprint density at radius 3 is 2.47 bits per heavy atom. The van der Waals surface area contributed by atoms with Crippen LogP contribution in [0.1, 0.15) is 46.0 Å². The molecule has 5 saturated carbocycles. The number of hydrogen-bond acceptors (Lipinski definition) is 9. The molecule has 1 heterocycles. The second-order valence-electron chi connectivity index (χ2n) is 12.7. The van der Waals surface area contributed by atoms with Crippen LogP contribution >= 0.6 is 0 Å². The minimum atomic E-state index is -1.63. The topological polar surface area (TPSA) is 118 Å². The molecule has 6 rings (SSSR count). The number of rotatable bonds is 6. The lowest BCUT2D eigenvalue weighted by Gasteiger charge is -2.65. The van der Waals surface area contributed by atoms with Gasteiger partial charge in [0.15, 0.2) is 0 Å². The van der Waals surface area contributed by atoms with E-state index in [0.717, 1.165) is 13.0 Å². The monoisotopic (exact) mass is 509 g/mol. The van der Waals surface area contributed by atoms with Crippen molar-refractivity contribution in [3.05, 3.63) is 0 Å². The number of methoxy groups -OCH3 is 3. The molecule has 13 unspecified atom stereocenters. The smallest absolute Gasteiger partial charge is 0.302 e. The summed E-state index contributed by atoms with van der Waals surface area (Å²) in [5.41, 5.74) is -4.23. The Morgan fingerprint density at radius 2 is 1.86 bits per heavy atom. The van der Waals surface area contributed by atoms with Crippen molar-refractivity contribution < 1.29 is 39.1 Å². The van der Waals surface area contributed by atoms with Gasteiger partial charge in [-0.15, -0.1) is 0 Å². The molecule has 0 aromatic heterocycles. The van der Waals surface area contributed by atoms with Gasteiger partial charge in [-0.25, -0.2) is 0 Å². The summed E-state index contributed by atoms with van der Waals surface area (Å²) in [6, 6.07) is -0.488. The van der Waals surface area contributed by atoms with E-state index in [1.165, 1.54) is 6.92 Å². The van der Waals surface area contributed by atoms with E-state index in [-0.39, 0.29) is 54.0 Å². The molecule has 6 fully saturated rings. The fraction of sp³-hybridized carbons (Fsp3) is 0.963. The maximum Gasteiger partial charge on any atom is 0.302 e. The molecule has 8 bridgehead atoms. The summed E-state index contributed by atoms with van der Waals surface area (Å²) in [6.07, 6.45) is 0.456. The van der Waals surface area contributed by atoms with E-state index in [1.54, 1.807) is 21.3 Å². The number of hydrogen-bond donors (Lipinski definition) is 3.